The summed E-state index contributed by atoms with van der Waals surface area (Å²) in [5.41, 5.74) is 1.50. The van der Waals surface area contributed by atoms with Gasteiger partial charge in [-0.05, 0) is 79.9 Å². The van der Waals surface area contributed by atoms with Crippen molar-refractivity contribution < 1.29 is 18.6 Å². The van der Waals surface area contributed by atoms with Gasteiger partial charge in [0, 0.05) is 23.4 Å². The zero-order valence-electron chi connectivity index (χ0n) is 20.9. The molecule has 0 amide bonds. The summed E-state index contributed by atoms with van der Waals surface area (Å²) >= 11 is 3.26. The Morgan fingerprint density at radius 1 is 1.05 bits per heavy atom. The predicted molar refractivity (Wildman–Crippen MR) is 139 cm³/mol. The molecule has 0 aliphatic carbocycles. The number of hydrogen-bond donors (Lipinski definition) is 1. The van der Waals surface area contributed by atoms with Crippen LogP contribution in [0.1, 0.15) is 42.2 Å². The van der Waals surface area contributed by atoms with Crippen LogP contribution in [0, 0.1) is 32.4 Å². The Morgan fingerprint density at radius 2 is 1.78 bits per heavy atom. The molecular weight excluding hydrogens is 546 g/mol. The van der Waals surface area contributed by atoms with Gasteiger partial charge in [0.15, 0.2) is 5.82 Å². The van der Waals surface area contributed by atoms with Crippen LogP contribution in [-0.2, 0) is 12.2 Å². The molecule has 0 unspecified atom stereocenters. The smallest absolute Gasteiger partial charge is 0.276 e. The van der Waals surface area contributed by atoms with E-state index in [-0.39, 0.29) is 33.9 Å². The van der Waals surface area contributed by atoms with E-state index in [9.17, 15) is 18.7 Å². The van der Waals surface area contributed by atoms with Crippen LogP contribution in [0.4, 0.5) is 8.78 Å². The summed E-state index contributed by atoms with van der Waals surface area (Å²) < 4.78 is 34.8. The number of aromatic nitrogens is 4. The maximum atomic E-state index is 14.1. The van der Waals surface area contributed by atoms with E-state index in [1.54, 1.807) is 45.2 Å². The molecule has 1 N–H and O–H groups in total. The second kappa shape index (κ2) is 10.1. The summed E-state index contributed by atoms with van der Waals surface area (Å²) in [6, 6.07) is 9.36. The summed E-state index contributed by atoms with van der Waals surface area (Å²) in [7, 11) is 0. The van der Waals surface area contributed by atoms with E-state index in [1.165, 1.54) is 17.6 Å². The molecular formula is C27H25BrF2N4O3. The van der Waals surface area contributed by atoms with Crippen LogP contribution < -0.4 is 10.3 Å². The van der Waals surface area contributed by atoms with Gasteiger partial charge >= 0.3 is 0 Å². The summed E-state index contributed by atoms with van der Waals surface area (Å²) in [6.07, 6.45) is 1.65. The number of halogens is 3. The van der Waals surface area contributed by atoms with Crippen molar-refractivity contribution in [3.63, 3.8) is 0 Å². The van der Waals surface area contributed by atoms with Crippen LogP contribution in [0.5, 0.6) is 5.88 Å². The van der Waals surface area contributed by atoms with Gasteiger partial charge in [-0.15, -0.1) is 0 Å². The van der Waals surface area contributed by atoms with Crippen molar-refractivity contribution in [1.29, 1.82) is 0 Å². The van der Waals surface area contributed by atoms with Crippen molar-refractivity contribution in [2.45, 2.75) is 46.8 Å². The first kappa shape index (κ1) is 26.6. The van der Waals surface area contributed by atoms with E-state index < -0.39 is 22.8 Å². The van der Waals surface area contributed by atoms with Crippen molar-refractivity contribution in [3.8, 4) is 22.8 Å². The fraction of sp³-hybridized carbons (Fsp3) is 0.259. The lowest BCUT2D eigenvalue weighted by Crippen LogP contribution is -2.24. The van der Waals surface area contributed by atoms with Gasteiger partial charge < -0.3 is 9.84 Å². The van der Waals surface area contributed by atoms with E-state index in [1.807, 2.05) is 13.0 Å². The lowest BCUT2D eigenvalue weighted by Gasteiger charge is -2.18. The predicted octanol–water partition coefficient (Wildman–Crippen LogP) is 5.46. The van der Waals surface area contributed by atoms with Crippen LogP contribution in [0.15, 0.2) is 51.9 Å². The van der Waals surface area contributed by atoms with Crippen molar-refractivity contribution in [3.05, 3.63) is 97.4 Å². The van der Waals surface area contributed by atoms with Crippen molar-refractivity contribution in [2.75, 3.05) is 0 Å². The van der Waals surface area contributed by atoms with Crippen LogP contribution in [0.2, 0.25) is 0 Å². The Bertz CT molecular complexity index is 1570. The minimum absolute atomic E-state index is 0.00209. The first-order chi connectivity index (χ1) is 17.4. The molecule has 0 aliphatic rings. The minimum atomic E-state index is -1.21. The molecule has 37 heavy (non-hydrogen) atoms. The molecule has 7 nitrogen and oxygen atoms in total. The molecule has 2 heterocycles. The quantitative estimate of drug-likeness (QED) is 0.331. The zero-order valence-corrected chi connectivity index (χ0v) is 22.5. The van der Waals surface area contributed by atoms with Gasteiger partial charge in [0.05, 0.1) is 11.4 Å². The van der Waals surface area contributed by atoms with Gasteiger partial charge in [-0.3, -0.25) is 9.36 Å². The number of rotatable bonds is 6. The molecule has 0 atom stereocenters. The maximum absolute atomic E-state index is 14.1. The number of benzene rings is 2. The fourth-order valence-corrected chi connectivity index (χ4v) is 4.16. The van der Waals surface area contributed by atoms with E-state index in [0.717, 1.165) is 17.2 Å². The van der Waals surface area contributed by atoms with Crippen molar-refractivity contribution in [2.24, 2.45) is 0 Å². The van der Waals surface area contributed by atoms with Crippen LogP contribution in [0.3, 0.4) is 0 Å². The van der Waals surface area contributed by atoms with Gasteiger partial charge in [0.1, 0.15) is 34.1 Å². The Kier molecular flexibility index (Phi) is 7.25. The van der Waals surface area contributed by atoms with E-state index in [0.29, 0.717) is 17.2 Å². The lowest BCUT2D eigenvalue weighted by atomic mass is 10.0. The van der Waals surface area contributed by atoms with Crippen LogP contribution >= 0.6 is 15.9 Å². The van der Waals surface area contributed by atoms with Crippen LogP contribution in [0.25, 0.3) is 16.9 Å². The van der Waals surface area contributed by atoms with Crippen LogP contribution in [-0.4, -0.2) is 24.6 Å². The minimum Gasteiger partial charge on any atom is -0.472 e. The second-order valence-electron chi connectivity index (χ2n) is 9.23. The number of ether oxygens (including phenoxy) is 1. The Balaban J connectivity index is 1.70. The molecule has 0 spiro atoms. The summed E-state index contributed by atoms with van der Waals surface area (Å²) in [6.45, 7) is 8.04. The molecule has 10 heteroatoms. The molecule has 0 bridgehead atoms. The molecule has 2 aromatic carbocycles. The summed E-state index contributed by atoms with van der Waals surface area (Å²) in [4.78, 5) is 26.5. The van der Waals surface area contributed by atoms with E-state index in [2.05, 4.69) is 30.9 Å². The van der Waals surface area contributed by atoms with Gasteiger partial charge in [0.25, 0.3) is 5.56 Å². The SMILES string of the molecule is Cc1cc(COc2nc(C)n(-c3cccc(-c4nc(C(C)(C)O)ncc4C)c3)c(=O)c2Br)c(F)cc1F. The third kappa shape index (κ3) is 5.45. The standard InChI is InChI=1S/C27H25BrF2N4O3/c1-14-9-18(21(30)11-20(14)29)13-37-24-22(28)25(35)34(16(3)32-24)19-8-6-7-17(10-19)23-15(2)12-31-26(33-23)27(4,5)36/h6-12,36H,13H2,1-5H3. The Labute approximate surface area is 221 Å². The van der Waals surface area contributed by atoms with Gasteiger partial charge in [0.2, 0.25) is 5.88 Å². The second-order valence-corrected chi connectivity index (χ2v) is 10.0. The third-order valence-electron chi connectivity index (χ3n) is 5.75. The summed E-state index contributed by atoms with van der Waals surface area (Å²) in [5.74, 6) is -0.764. The average molecular weight is 571 g/mol. The number of hydrogen-bond acceptors (Lipinski definition) is 6. The van der Waals surface area contributed by atoms with Crippen molar-refractivity contribution >= 4 is 15.9 Å². The summed E-state index contributed by atoms with van der Waals surface area (Å²) in [5, 5.41) is 10.3. The maximum Gasteiger partial charge on any atom is 0.276 e. The first-order valence-corrected chi connectivity index (χ1v) is 12.2. The van der Waals surface area contributed by atoms with Crippen molar-refractivity contribution in [1.82, 2.24) is 19.5 Å². The Hall–Kier alpha value is -3.50. The first-order valence-electron chi connectivity index (χ1n) is 11.4. The highest BCUT2D eigenvalue weighted by molar-refractivity contribution is 9.10. The van der Waals surface area contributed by atoms with E-state index >= 15 is 0 Å². The Morgan fingerprint density at radius 3 is 2.49 bits per heavy atom. The van der Waals surface area contributed by atoms with Gasteiger partial charge in [-0.25, -0.2) is 18.7 Å². The highest BCUT2D eigenvalue weighted by Gasteiger charge is 2.22. The normalized spacial score (nSPS) is 11.6. The fourth-order valence-electron chi connectivity index (χ4n) is 3.78. The molecule has 0 radical (unpaired) electrons. The molecule has 192 valence electrons. The van der Waals surface area contributed by atoms with E-state index in [4.69, 9.17) is 4.74 Å². The third-order valence-corrected chi connectivity index (χ3v) is 6.43. The monoisotopic (exact) mass is 570 g/mol. The zero-order chi connectivity index (χ0) is 27.1. The number of nitrogens with zero attached hydrogens (tertiary/aromatic N) is 4. The molecule has 0 saturated heterocycles. The molecule has 4 aromatic rings. The average Bonchev–Trinajstić information content (AvgIpc) is 2.83. The largest absolute Gasteiger partial charge is 0.472 e. The molecule has 0 saturated carbocycles. The topological polar surface area (TPSA) is 90.1 Å². The molecule has 0 fully saturated rings. The lowest BCUT2D eigenvalue weighted by molar-refractivity contribution is 0.0688. The van der Waals surface area contributed by atoms with Gasteiger partial charge in [-0.1, -0.05) is 12.1 Å². The highest BCUT2D eigenvalue weighted by Crippen LogP contribution is 2.27. The molecule has 4 rings (SSSR count). The number of aliphatic hydroxyl groups is 1. The molecule has 2 aromatic heterocycles. The molecule has 0 aliphatic heterocycles. The van der Waals surface area contributed by atoms with Gasteiger partial charge in [-0.2, -0.15) is 4.98 Å². The number of aryl methyl sites for hydroxylation is 3. The highest BCUT2D eigenvalue weighted by atomic mass is 79.9.